The summed E-state index contributed by atoms with van der Waals surface area (Å²) in [6, 6.07) is 0.108. The van der Waals surface area contributed by atoms with Crippen molar-refractivity contribution in [2.75, 3.05) is 39.6 Å². The maximum atomic E-state index is 5.60. The van der Waals surface area contributed by atoms with E-state index in [4.69, 9.17) is 30.4 Å². The van der Waals surface area contributed by atoms with E-state index in [2.05, 4.69) is 0 Å². The van der Waals surface area contributed by atoms with Crippen LogP contribution < -0.4 is 11.5 Å². The van der Waals surface area contributed by atoms with Crippen LogP contribution in [0.4, 0.5) is 0 Å². The lowest BCUT2D eigenvalue weighted by atomic mass is 10.4. The van der Waals surface area contributed by atoms with Crippen LogP contribution in [0.3, 0.4) is 0 Å². The Kier molecular flexibility index (Phi) is 12.3. The molecule has 0 spiro atoms. The van der Waals surface area contributed by atoms with Crippen LogP contribution in [-0.4, -0.2) is 63.9 Å². The van der Waals surface area contributed by atoms with Gasteiger partial charge in [-0.15, -0.1) is 0 Å². The summed E-state index contributed by atoms with van der Waals surface area (Å²) in [4.78, 5) is 0. The molecule has 0 aliphatic heterocycles. The van der Waals surface area contributed by atoms with Gasteiger partial charge in [0.25, 0.3) is 0 Å². The van der Waals surface area contributed by atoms with Gasteiger partial charge in [0.05, 0.1) is 51.8 Å². The largest absolute Gasteiger partial charge is 0.376 e. The van der Waals surface area contributed by atoms with Crippen molar-refractivity contribution in [3.05, 3.63) is 0 Å². The number of nitrogens with two attached hydrogens (primary N) is 2. The van der Waals surface area contributed by atoms with Crippen molar-refractivity contribution in [3.63, 3.8) is 0 Å². The smallest absolute Gasteiger partial charge is 0.0781 e. The van der Waals surface area contributed by atoms with E-state index < -0.39 is 0 Å². The van der Waals surface area contributed by atoms with Gasteiger partial charge in [0.2, 0.25) is 0 Å². The fourth-order valence-electron chi connectivity index (χ4n) is 1.34. The second-order valence-corrected chi connectivity index (χ2v) is 5.39. The molecule has 4 atom stereocenters. The van der Waals surface area contributed by atoms with E-state index in [0.29, 0.717) is 39.6 Å². The number of hydrogen-bond acceptors (Lipinski definition) is 6. The molecular weight excluding hydrogens is 260 g/mol. The second-order valence-electron chi connectivity index (χ2n) is 5.39. The Morgan fingerprint density at radius 2 is 1.00 bits per heavy atom. The first-order valence-electron chi connectivity index (χ1n) is 7.31. The van der Waals surface area contributed by atoms with E-state index in [9.17, 15) is 0 Å². The summed E-state index contributed by atoms with van der Waals surface area (Å²) in [6.45, 7) is 11.1. The topological polar surface area (TPSA) is 89.0 Å². The summed E-state index contributed by atoms with van der Waals surface area (Å²) in [5.74, 6) is 0. The molecule has 0 aromatic carbocycles. The number of hydrogen-bond donors (Lipinski definition) is 2. The van der Waals surface area contributed by atoms with Gasteiger partial charge >= 0.3 is 0 Å². The first kappa shape index (κ1) is 19.8. The van der Waals surface area contributed by atoms with Crippen LogP contribution in [-0.2, 0) is 18.9 Å². The van der Waals surface area contributed by atoms with E-state index in [-0.39, 0.29) is 24.3 Å². The normalized spacial score (nSPS) is 17.7. The van der Waals surface area contributed by atoms with E-state index in [0.717, 1.165) is 0 Å². The molecule has 0 radical (unpaired) electrons. The lowest BCUT2D eigenvalue weighted by molar-refractivity contribution is -0.0452. The molecule has 4 unspecified atom stereocenters. The van der Waals surface area contributed by atoms with Crippen LogP contribution in [0, 0.1) is 0 Å². The van der Waals surface area contributed by atoms with E-state index in [1.54, 1.807) is 0 Å². The van der Waals surface area contributed by atoms with Crippen molar-refractivity contribution in [1.29, 1.82) is 0 Å². The maximum Gasteiger partial charge on any atom is 0.0781 e. The van der Waals surface area contributed by atoms with Gasteiger partial charge in [-0.2, -0.15) is 0 Å². The van der Waals surface area contributed by atoms with Gasteiger partial charge < -0.3 is 30.4 Å². The minimum Gasteiger partial charge on any atom is -0.376 e. The highest BCUT2D eigenvalue weighted by molar-refractivity contribution is 4.54. The molecule has 4 N–H and O–H groups in total. The molecule has 0 aromatic rings. The minimum absolute atomic E-state index is 0.0503. The second kappa shape index (κ2) is 12.5. The van der Waals surface area contributed by atoms with E-state index in [1.165, 1.54) is 0 Å². The van der Waals surface area contributed by atoms with Gasteiger partial charge in [0.15, 0.2) is 0 Å². The van der Waals surface area contributed by atoms with Crippen molar-refractivity contribution < 1.29 is 18.9 Å². The zero-order valence-electron chi connectivity index (χ0n) is 13.3. The van der Waals surface area contributed by atoms with Gasteiger partial charge in [-0.05, 0) is 27.7 Å². The van der Waals surface area contributed by atoms with Crippen LogP contribution in [0.2, 0.25) is 0 Å². The van der Waals surface area contributed by atoms with Crippen LogP contribution in [0.15, 0.2) is 0 Å². The lowest BCUT2D eigenvalue weighted by Crippen LogP contribution is -2.28. The Hall–Kier alpha value is -0.240. The van der Waals surface area contributed by atoms with Crippen LogP contribution in [0.1, 0.15) is 27.7 Å². The van der Waals surface area contributed by atoms with Crippen LogP contribution in [0.5, 0.6) is 0 Å². The molecule has 0 fully saturated rings. The summed E-state index contributed by atoms with van der Waals surface area (Å²) in [5.41, 5.74) is 11.2. The minimum atomic E-state index is 0.0503. The molecule has 0 amide bonds. The lowest BCUT2D eigenvalue weighted by Gasteiger charge is -2.16. The molecule has 0 saturated carbocycles. The third-order valence-electron chi connectivity index (χ3n) is 2.36. The van der Waals surface area contributed by atoms with Crippen LogP contribution in [0.25, 0.3) is 0 Å². The Morgan fingerprint density at radius 3 is 1.30 bits per heavy atom. The number of ether oxygens (including phenoxy) is 4. The summed E-state index contributed by atoms with van der Waals surface area (Å²) in [5, 5.41) is 0. The average molecular weight is 292 g/mol. The monoisotopic (exact) mass is 292 g/mol. The molecule has 0 saturated heterocycles. The summed E-state index contributed by atoms with van der Waals surface area (Å²) < 4.78 is 21.9. The Bertz CT molecular complexity index is 193. The molecule has 0 heterocycles. The van der Waals surface area contributed by atoms with Gasteiger partial charge in [-0.1, -0.05) is 0 Å². The molecule has 0 bridgehead atoms. The summed E-state index contributed by atoms with van der Waals surface area (Å²) in [7, 11) is 0. The quantitative estimate of drug-likeness (QED) is 0.481. The predicted molar refractivity (Wildman–Crippen MR) is 79.8 cm³/mol. The third-order valence-corrected chi connectivity index (χ3v) is 2.36. The van der Waals surface area contributed by atoms with Gasteiger partial charge in [-0.3, -0.25) is 0 Å². The molecule has 6 heteroatoms. The van der Waals surface area contributed by atoms with Crippen molar-refractivity contribution in [2.45, 2.75) is 52.0 Å². The molecule has 0 aliphatic rings. The fraction of sp³-hybridized carbons (Fsp3) is 1.00. The standard InChI is InChI=1S/C14H32N2O4/c1-11(15)7-19-13(3)9-17-5-6-18-10-14(4)20-8-12(2)16/h11-14H,5-10,15-16H2,1-4H3. The highest BCUT2D eigenvalue weighted by Gasteiger charge is 2.05. The molecule has 0 aromatic heterocycles. The SMILES string of the molecule is CC(N)COC(C)COCCOCC(C)OCC(C)N. The third kappa shape index (κ3) is 14.2. The predicted octanol–water partition coefficient (Wildman–Crippen LogP) is 0.524. The molecule has 20 heavy (non-hydrogen) atoms. The van der Waals surface area contributed by atoms with Gasteiger partial charge in [-0.25, -0.2) is 0 Å². The Labute approximate surface area is 123 Å². The zero-order valence-corrected chi connectivity index (χ0v) is 13.3. The van der Waals surface area contributed by atoms with E-state index >= 15 is 0 Å². The average Bonchev–Trinajstić information content (AvgIpc) is 2.37. The zero-order chi connectivity index (χ0) is 15.4. The molecule has 0 rings (SSSR count). The summed E-state index contributed by atoms with van der Waals surface area (Å²) >= 11 is 0. The van der Waals surface area contributed by atoms with E-state index in [1.807, 2.05) is 27.7 Å². The number of rotatable bonds is 13. The maximum absolute atomic E-state index is 5.60. The van der Waals surface area contributed by atoms with Crippen molar-refractivity contribution in [3.8, 4) is 0 Å². The molecule has 122 valence electrons. The van der Waals surface area contributed by atoms with Crippen molar-refractivity contribution in [2.24, 2.45) is 11.5 Å². The molecule has 0 aliphatic carbocycles. The molecular formula is C14H32N2O4. The molecule has 6 nitrogen and oxygen atoms in total. The highest BCUT2D eigenvalue weighted by Crippen LogP contribution is 1.95. The van der Waals surface area contributed by atoms with Crippen molar-refractivity contribution in [1.82, 2.24) is 0 Å². The van der Waals surface area contributed by atoms with Gasteiger partial charge in [0, 0.05) is 12.1 Å². The van der Waals surface area contributed by atoms with Crippen molar-refractivity contribution >= 4 is 0 Å². The Balaban J connectivity index is 3.31. The van der Waals surface area contributed by atoms with Gasteiger partial charge in [0.1, 0.15) is 0 Å². The Morgan fingerprint density at radius 1 is 0.650 bits per heavy atom. The van der Waals surface area contributed by atoms with Crippen LogP contribution >= 0.6 is 0 Å². The first-order chi connectivity index (χ1) is 9.41. The summed E-state index contributed by atoms with van der Waals surface area (Å²) in [6.07, 6.45) is 0.101. The first-order valence-corrected chi connectivity index (χ1v) is 7.31. The fourth-order valence-corrected chi connectivity index (χ4v) is 1.34. The highest BCUT2D eigenvalue weighted by atomic mass is 16.6.